The fraction of sp³-hybridized carbons (Fsp3) is 0.800. The third-order valence-electron chi connectivity index (χ3n) is 2.16. The van der Waals surface area contributed by atoms with Gasteiger partial charge in [-0.1, -0.05) is 41.4 Å². The summed E-state index contributed by atoms with van der Waals surface area (Å²) in [6, 6.07) is 0. The van der Waals surface area contributed by atoms with Crippen molar-refractivity contribution in [1.82, 2.24) is 0 Å². The molecule has 1 unspecified atom stereocenters. The van der Waals surface area contributed by atoms with Gasteiger partial charge in [0.2, 0.25) is 0 Å². The molecule has 0 aliphatic carbocycles. The Bertz CT molecular complexity index is 160. The standard InChI is InChI=1S/C10H21PSi/c1-7-10(12(4,5)6)11(8-2)9-3/h1,10H,8-9H2,2-6H3. The Labute approximate surface area is 79.9 Å². The van der Waals surface area contributed by atoms with Crippen LogP contribution in [0, 0.1) is 12.3 Å². The topological polar surface area (TPSA) is 0 Å². The van der Waals surface area contributed by atoms with Crippen LogP contribution in [-0.4, -0.2) is 25.7 Å². The molecule has 0 N–H and O–H groups in total. The summed E-state index contributed by atoms with van der Waals surface area (Å²) in [5.41, 5.74) is 0. The van der Waals surface area contributed by atoms with Crippen molar-refractivity contribution < 1.29 is 0 Å². The summed E-state index contributed by atoms with van der Waals surface area (Å²) in [4.78, 5) is 0. The largest absolute Gasteiger partial charge is 0.120 e. The van der Waals surface area contributed by atoms with Gasteiger partial charge >= 0.3 is 0 Å². The van der Waals surface area contributed by atoms with E-state index in [4.69, 9.17) is 6.42 Å². The van der Waals surface area contributed by atoms with Gasteiger partial charge in [0.1, 0.15) is 0 Å². The van der Waals surface area contributed by atoms with E-state index in [2.05, 4.69) is 39.4 Å². The zero-order chi connectivity index (χ0) is 9.78. The van der Waals surface area contributed by atoms with Gasteiger partial charge < -0.3 is 0 Å². The van der Waals surface area contributed by atoms with Crippen molar-refractivity contribution in [3.05, 3.63) is 0 Å². The molecule has 0 aliphatic rings. The summed E-state index contributed by atoms with van der Waals surface area (Å²) >= 11 is 0. The fourth-order valence-corrected chi connectivity index (χ4v) is 8.86. The van der Waals surface area contributed by atoms with E-state index in [-0.39, 0.29) is 7.92 Å². The monoisotopic (exact) mass is 200 g/mol. The maximum Gasteiger partial charge on any atom is 0.0667 e. The number of hydrogen-bond acceptors (Lipinski definition) is 0. The van der Waals surface area contributed by atoms with E-state index in [0.29, 0.717) is 5.28 Å². The van der Waals surface area contributed by atoms with Gasteiger partial charge in [0.25, 0.3) is 0 Å². The lowest BCUT2D eigenvalue weighted by Gasteiger charge is -2.31. The van der Waals surface area contributed by atoms with Crippen LogP contribution in [0.5, 0.6) is 0 Å². The van der Waals surface area contributed by atoms with Crippen LogP contribution in [0.4, 0.5) is 0 Å². The zero-order valence-corrected chi connectivity index (χ0v) is 10.9. The molecule has 1 atom stereocenters. The molecule has 0 radical (unpaired) electrons. The third kappa shape index (κ3) is 3.29. The molecule has 0 fully saturated rings. The molecule has 12 heavy (non-hydrogen) atoms. The van der Waals surface area contributed by atoms with Gasteiger partial charge in [0.15, 0.2) is 0 Å². The molecule has 0 saturated heterocycles. The van der Waals surface area contributed by atoms with Crippen LogP contribution < -0.4 is 0 Å². The first-order valence-electron chi connectivity index (χ1n) is 4.67. The molecular formula is C10H21PSi. The normalized spacial score (nSPS) is 14.4. The van der Waals surface area contributed by atoms with Crippen LogP contribution in [0.25, 0.3) is 0 Å². The highest BCUT2D eigenvalue weighted by Crippen LogP contribution is 2.44. The van der Waals surface area contributed by atoms with E-state index in [1.807, 2.05) is 0 Å². The first kappa shape index (κ1) is 12.2. The highest BCUT2D eigenvalue weighted by atomic mass is 31.1. The molecule has 0 aliphatic heterocycles. The van der Waals surface area contributed by atoms with E-state index < -0.39 is 8.07 Å². The van der Waals surface area contributed by atoms with Gasteiger partial charge in [0.05, 0.1) is 8.07 Å². The minimum Gasteiger partial charge on any atom is -0.120 e. The molecule has 2 heteroatoms. The van der Waals surface area contributed by atoms with Crippen LogP contribution in [0.15, 0.2) is 0 Å². The third-order valence-corrected chi connectivity index (χ3v) is 9.89. The molecule has 0 rings (SSSR count). The Kier molecular flexibility index (Phi) is 5.14. The summed E-state index contributed by atoms with van der Waals surface area (Å²) in [7, 11) is -0.981. The molecule has 0 heterocycles. The molecule has 0 bridgehead atoms. The van der Waals surface area contributed by atoms with Crippen LogP contribution >= 0.6 is 7.92 Å². The first-order chi connectivity index (χ1) is 5.47. The Morgan fingerprint density at radius 1 is 1.25 bits per heavy atom. The van der Waals surface area contributed by atoms with Crippen molar-refractivity contribution in [2.45, 2.75) is 38.8 Å². The lowest BCUT2D eigenvalue weighted by Crippen LogP contribution is -2.36. The average molecular weight is 200 g/mol. The fourth-order valence-electron chi connectivity index (χ4n) is 1.49. The minimum absolute atomic E-state index is 0.118. The maximum absolute atomic E-state index is 5.61. The molecule has 0 saturated carbocycles. The van der Waals surface area contributed by atoms with Gasteiger partial charge in [-0.05, 0) is 12.3 Å². The van der Waals surface area contributed by atoms with Crippen molar-refractivity contribution in [3.63, 3.8) is 0 Å². The quantitative estimate of drug-likeness (QED) is 0.371. The molecular weight excluding hydrogens is 179 g/mol. The highest BCUT2D eigenvalue weighted by molar-refractivity contribution is 7.61. The van der Waals surface area contributed by atoms with E-state index in [0.717, 1.165) is 0 Å². The lowest BCUT2D eigenvalue weighted by molar-refractivity contribution is 1.34. The van der Waals surface area contributed by atoms with E-state index in [1.165, 1.54) is 12.3 Å². The van der Waals surface area contributed by atoms with Crippen LogP contribution in [0.2, 0.25) is 19.6 Å². The Hall–Kier alpha value is 0.207. The predicted octanol–water partition coefficient (Wildman–Crippen LogP) is 3.39. The highest BCUT2D eigenvalue weighted by Gasteiger charge is 2.29. The van der Waals surface area contributed by atoms with Crippen molar-refractivity contribution in [2.24, 2.45) is 0 Å². The van der Waals surface area contributed by atoms with Crippen LogP contribution in [0.1, 0.15) is 13.8 Å². The van der Waals surface area contributed by atoms with Crippen LogP contribution in [0.3, 0.4) is 0 Å². The van der Waals surface area contributed by atoms with Crippen molar-refractivity contribution in [1.29, 1.82) is 0 Å². The summed E-state index contributed by atoms with van der Waals surface area (Å²) in [5.74, 6) is 3.03. The number of rotatable bonds is 4. The van der Waals surface area contributed by atoms with Crippen molar-refractivity contribution in [2.75, 3.05) is 12.3 Å². The smallest absolute Gasteiger partial charge is 0.0667 e. The second kappa shape index (κ2) is 5.05. The SMILES string of the molecule is C#CC(P(CC)CC)[Si](C)(C)C. The second-order valence-corrected chi connectivity index (χ2v) is 12.9. The molecule has 0 aromatic heterocycles. The summed E-state index contributed by atoms with van der Waals surface area (Å²) in [5, 5.41) is 0.627. The van der Waals surface area contributed by atoms with Gasteiger partial charge in [-0.3, -0.25) is 0 Å². The maximum atomic E-state index is 5.61. The van der Waals surface area contributed by atoms with Crippen molar-refractivity contribution >= 4 is 16.0 Å². The minimum atomic E-state index is -1.10. The summed E-state index contributed by atoms with van der Waals surface area (Å²) in [6.07, 6.45) is 8.21. The molecule has 0 nitrogen and oxygen atoms in total. The Balaban J connectivity index is 4.45. The second-order valence-electron chi connectivity index (χ2n) is 4.16. The van der Waals surface area contributed by atoms with Gasteiger partial charge in [-0.2, -0.15) is 0 Å². The average Bonchev–Trinajstić information content (AvgIpc) is 1.97. The zero-order valence-electron chi connectivity index (χ0n) is 9.02. The molecule has 0 aromatic rings. The van der Waals surface area contributed by atoms with Gasteiger partial charge in [0, 0.05) is 5.28 Å². The van der Waals surface area contributed by atoms with E-state index in [1.54, 1.807) is 0 Å². The van der Waals surface area contributed by atoms with Crippen molar-refractivity contribution in [3.8, 4) is 12.3 Å². The number of hydrogen-bond donors (Lipinski definition) is 0. The molecule has 0 aromatic carbocycles. The number of terminal acetylenes is 1. The first-order valence-corrected chi connectivity index (χ1v) is 10.0. The van der Waals surface area contributed by atoms with Gasteiger partial charge in [-0.25, -0.2) is 0 Å². The van der Waals surface area contributed by atoms with E-state index >= 15 is 0 Å². The summed E-state index contributed by atoms with van der Waals surface area (Å²) < 4.78 is 0. The molecule has 70 valence electrons. The predicted molar refractivity (Wildman–Crippen MR) is 64.0 cm³/mol. The lowest BCUT2D eigenvalue weighted by atomic mass is 10.8. The Morgan fingerprint density at radius 2 is 1.67 bits per heavy atom. The summed E-state index contributed by atoms with van der Waals surface area (Å²) in [6.45, 7) is 11.7. The Morgan fingerprint density at radius 3 is 1.75 bits per heavy atom. The van der Waals surface area contributed by atoms with Crippen LogP contribution in [-0.2, 0) is 0 Å². The van der Waals surface area contributed by atoms with E-state index in [9.17, 15) is 0 Å². The molecule has 0 amide bonds. The van der Waals surface area contributed by atoms with Gasteiger partial charge in [-0.15, -0.1) is 12.3 Å². The molecule has 0 spiro atoms.